The molecule has 100 valence electrons. The van der Waals surface area contributed by atoms with Crippen molar-refractivity contribution in [2.75, 3.05) is 26.9 Å². The van der Waals surface area contributed by atoms with Gasteiger partial charge in [0.1, 0.15) is 13.2 Å². The van der Waals surface area contributed by atoms with Gasteiger partial charge in [0.2, 0.25) is 0 Å². The van der Waals surface area contributed by atoms with E-state index in [9.17, 15) is 0 Å². The predicted octanol–water partition coefficient (Wildman–Crippen LogP) is 1.97. The summed E-state index contributed by atoms with van der Waals surface area (Å²) < 4.78 is 16.2. The summed E-state index contributed by atoms with van der Waals surface area (Å²) in [4.78, 5) is 0. The summed E-state index contributed by atoms with van der Waals surface area (Å²) in [5, 5.41) is 3.46. The maximum atomic E-state index is 5.57. The largest absolute Gasteiger partial charge is 0.486 e. The van der Waals surface area contributed by atoms with Crippen LogP contribution in [-0.4, -0.2) is 32.5 Å². The molecule has 0 aliphatic carbocycles. The van der Waals surface area contributed by atoms with Crippen molar-refractivity contribution in [3.05, 3.63) is 23.8 Å². The summed E-state index contributed by atoms with van der Waals surface area (Å²) in [6, 6.07) is 6.06. The Labute approximate surface area is 108 Å². The average molecular weight is 251 g/mol. The van der Waals surface area contributed by atoms with Gasteiger partial charge < -0.3 is 19.5 Å². The van der Waals surface area contributed by atoms with Crippen molar-refractivity contribution >= 4 is 0 Å². The van der Waals surface area contributed by atoms with E-state index >= 15 is 0 Å². The fraction of sp³-hybridized carbons (Fsp3) is 0.571. The van der Waals surface area contributed by atoms with Gasteiger partial charge in [-0.1, -0.05) is 6.07 Å². The van der Waals surface area contributed by atoms with Crippen molar-refractivity contribution < 1.29 is 14.2 Å². The minimum absolute atomic E-state index is 0.0397. The van der Waals surface area contributed by atoms with Crippen LogP contribution in [-0.2, 0) is 11.3 Å². The molecule has 0 spiro atoms. The maximum absolute atomic E-state index is 5.57. The second-order valence-corrected chi connectivity index (χ2v) is 5.15. The van der Waals surface area contributed by atoms with Crippen LogP contribution in [0.1, 0.15) is 19.4 Å². The molecule has 1 aliphatic rings. The van der Waals surface area contributed by atoms with Crippen LogP contribution in [0.2, 0.25) is 0 Å². The quantitative estimate of drug-likeness (QED) is 0.868. The molecule has 1 aromatic rings. The Bertz CT molecular complexity index is 404. The lowest BCUT2D eigenvalue weighted by Crippen LogP contribution is -2.42. The van der Waals surface area contributed by atoms with Gasteiger partial charge >= 0.3 is 0 Å². The molecule has 1 aromatic carbocycles. The molecular formula is C14H21NO3. The van der Waals surface area contributed by atoms with E-state index in [4.69, 9.17) is 14.2 Å². The van der Waals surface area contributed by atoms with Crippen LogP contribution in [0, 0.1) is 0 Å². The molecule has 0 saturated heterocycles. The molecule has 0 amide bonds. The van der Waals surface area contributed by atoms with Crippen LogP contribution < -0.4 is 14.8 Å². The molecule has 4 nitrogen and oxygen atoms in total. The zero-order valence-corrected chi connectivity index (χ0v) is 11.3. The number of nitrogens with one attached hydrogen (secondary N) is 1. The van der Waals surface area contributed by atoms with Gasteiger partial charge in [0.15, 0.2) is 11.5 Å². The van der Waals surface area contributed by atoms with Gasteiger partial charge in [0.25, 0.3) is 0 Å². The zero-order valence-electron chi connectivity index (χ0n) is 11.3. The molecule has 0 unspecified atom stereocenters. The summed E-state index contributed by atoms with van der Waals surface area (Å²) in [6.07, 6.45) is 0. The topological polar surface area (TPSA) is 39.7 Å². The SMILES string of the molecule is COCC(C)(C)NCc1ccc2c(c1)OCCO2. The van der Waals surface area contributed by atoms with Gasteiger partial charge in [-0.15, -0.1) is 0 Å². The first-order chi connectivity index (χ1) is 8.61. The third kappa shape index (κ3) is 3.37. The highest BCUT2D eigenvalue weighted by molar-refractivity contribution is 5.43. The molecule has 0 fully saturated rings. The van der Waals surface area contributed by atoms with Gasteiger partial charge in [0, 0.05) is 19.2 Å². The van der Waals surface area contributed by atoms with Crippen molar-refractivity contribution in [3.8, 4) is 11.5 Å². The van der Waals surface area contributed by atoms with Crippen LogP contribution in [0.5, 0.6) is 11.5 Å². The lowest BCUT2D eigenvalue weighted by molar-refractivity contribution is 0.127. The molecule has 1 heterocycles. The molecule has 0 saturated carbocycles. The van der Waals surface area contributed by atoms with Crippen molar-refractivity contribution in [2.45, 2.75) is 25.9 Å². The molecule has 0 radical (unpaired) electrons. The standard InChI is InChI=1S/C14H21NO3/c1-14(2,10-16-3)15-9-11-4-5-12-13(8-11)18-7-6-17-12/h4-5,8,15H,6-7,9-10H2,1-3H3. The number of hydrogen-bond donors (Lipinski definition) is 1. The molecule has 2 rings (SSSR count). The third-order valence-corrected chi connectivity index (χ3v) is 2.88. The first-order valence-electron chi connectivity index (χ1n) is 6.23. The Morgan fingerprint density at radius 2 is 1.94 bits per heavy atom. The number of ether oxygens (including phenoxy) is 3. The number of hydrogen-bond acceptors (Lipinski definition) is 4. The molecule has 0 atom stereocenters. The van der Waals surface area contributed by atoms with E-state index in [1.807, 2.05) is 12.1 Å². The number of rotatable bonds is 5. The Hall–Kier alpha value is -1.26. The summed E-state index contributed by atoms with van der Waals surface area (Å²) >= 11 is 0. The van der Waals surface area contributed by atoms with Gasteiger partial charge in [-0.25, -0.2) is 0 Å². The van der Waals surface area contributed by atoms with Crippen molar-refractivity contribution in [2.24, 2.45) is 0 Å². The highest BCUT2D eigenvalue weighted by Gasteiger charge is 2.17. The van der Waals surface area contributed by atoms with E-state index < -0.39 is 0 Å². The van der Waals surface area contributed by atoms with Gasteiger partial charge in [-0.05, 0) is 31.5 Å². The van der Waals surface area contributed by atoms with E-state index in [0.29, 0.717) is 19.8 Å². The minimum Gasteiger partial charge on any atom is -0.486 e. The lowest BCUT2D eigenvalue weighted by Gasteiger charge is -2.26. The van der Waals surface area contributed by atoms with E-state index in [0.717, 1.165) is 18.0 Å². The fourth-order valence-electron chi connectivity index (χ4n) is 1.95. The third-order valence-electron chi connectivity index (χ3n) is 2.88. The minimum atomic E-state index is -0.0397. The Kier molecular flexibility index (Phi) is 4.09. The number of methoxy groups -OCH3 is 1. The van der Waals surface area contributed by atoms with Crippen LogP contribution >= 0.6 is 0 Å². The monoisotopic (exact) mass is 251 g/mol. The molecule has 18 heavy (non-hydrogen) atoms. The molecule has 1 aliphatic heterocycles. The van der Waals surface area contributed by atoms with Crippen molar-refractivity contribution in [3.63, 3.8) is 0 Å². The highest BCUT2D eigenvalue weighted by atomic mass is 16.6. The number of fused-ring (bicyclic) bond motifs is 1. The molecule has 1 N–H and O–H groups in total. The van der Waals surface area contributed by atoms with Crippen LogP contribution in [0.25, 0.3) is 0 Å². The van der Waals surface area contributed by atoms with Gasteiger partial charge in [-0.3, -0.25) is 0 Å². The van der Waals surface area contributed by atoms with E-state index in [1.54, 1.807) is 7.11 Å². The predicted molar refractivity (Wildman–Crippen MR) is 70.2 cm³/mol. The van der Waals surface area contributed by atoms with Crippen molar-refractivity contribution in [1.82, 2.24) is 5.32 Å². The van der Waals surface area contributed by atoms with E-state index in [-0.39, 0.29) is 5.54 Å². The molecule has 4 heteroatoms. The molecule has 0 bridgehead atoms. The summed E-state index contributed by atoms with van der Waals surface area (Å²) in [7, 11) is 1.72. The first-order valence-corrected chi connectivity index (χ1v) is 6.23. The van der Waals surface area contributed by atoms with E-state index in [1.165, 1.54) is 5.56 Å². The summed E-state index contributed by atoms with van der Waals surface area (Å²) in [6.45, 7) is 6.96. The second kappa shape index (κ2) is 5.59. The summed E-state index contributed by atoms with van der Waals surface area (Å²) in [5.41, 5.74) is 1.14. The first kappa shape index (κ1) is 13.2. The second-order valence-electron chi connectivity index (χ2n) is 5.15. The van der Waals surface area contributed by atoms with Crippen LogP contribution in [0.3, 0.4) is 0 Å². The summed E-state index contributed by atoms with van der Waals surface area (Å²) in [5.74, 6) is 1.67. The lowest BCUT2D eigenvalue weighted by atomic mass is 10.1. The van der Waals surface area contributed by atoms with Crippen LogP contribution in [0.15, 0.2) is 18.2 Å². The normalized spacial score (nSPS) is 14.6. The molecular weight excluding hydrogens is 230 g/mol. The average Bonchev–Trinajstić information content (AvgIpc) is 2.36. The molecule has 0 aromatic heterocycles. The van der Waals surface area contributed by atoms with Crippen LogP contribution in [0.4, 0.5) is 0 Å². The maximum Gasteiger partial charge on any atom is 0.161 e. The van der Waals surface area contributed by atoms with Crippen molar-refractivity contribution in [1.29, 1.82) is 0 Å². The van der Waals surface area contributed by atoms with E-state index in [2.05, 4.69) is 25.2 Å². The highest BCUT2D eigenvalue weighted by Crippen LogP contribution is 2.30. The smallest absolute Gasteiger partial charge is 0.161 e. The Morgan fingerprint density at radius 3 is 2.67 bits per heavy atom. The van der Waals surface area contributed by atoms with Gasteiger partial charge in [0.05, 0.1) is 6.61 Å². The van der Waals surface area contributed by atoms with Gasteiger partial charge in [-0.2, -0.15) is 0 Å². The number of benzene rings is 1. The Morgan fingerprint density at radius 1 is 1.22 bits per heavy atom. The fourth-order valence-corrected chi connectivity index (χ4v) is 1.95. The Balaban J connectivity index is 1.98. The zero-order chi connectivity index (χ0) is 13.0.